The van der Waals surface area contributed by atoms with Crippen LogP contribution in [-0.4, -0.2) is 17.0 Å². The number of thioether (sulfide) groups is 1. The van der Waals surface area contributed by atoms with Crippen LogP contribution < -0.4 is 5.32 Å². The minimum Gasteiger partial charge on any atom is -0.314 e. The molecule has 0 fully saturated rings. The highest BCUT2D eigenvalue weighted by molar-refractivity contribution is 8.22. The molecule has 0 aliphatic heterocycles. The van der Waals surface area contributed by atoms with Gasteiger partial charge in [0.2, 0.25) is 6.41 Å². The molecule has 0 aromatic carbocycles. The first-order chi connectivity index (χ1) is 3.31. The van der Waals surface area contributed by atoms with Crippen LogP contribution in [0.25, 0.3) is 0 Å². The smallest absolute Gasteiger partial charge is 0.212 e. The minimum absolute atomic E-state index is 0.509. The zero-order chi connectivity index (χ0) is 5.70. The number of amides is 1. The van der Waals surface area contributed by atoms with Crippen LogP contribution in [0, 0.1) is 0 Å². The van der Waals surface area contributed by atoms with Crippen molar-refractivity contribution in [3.8, 4) is 0 Å². The Morgan fingerprint density at radius 3 is 2.71 bits per heavy atom. The number of nitrogens with one attached hydrogen (secondary N) is 1. The molecular weight excluding hydrogens is 130 g/mol. The first-order valence-electron chi connectivity index (χ1n) is 1.59. The maximum absolute atomic E-state index is 9.56. The van der Waals surface area contributed by atoms with Crippen molar-refractivity contribution in [2.24, 2.45) is 0 Å². The largest absolute Gasteiger partial charge is 0.314 e. The topological polar surface area (TPSA) is 29.1 Å². The van der Waals surface area contributed by atoms with Gasteiger partial charge in [-0.25, -0.2) is 0 Å². The molecule has 0 aromatic heterocycles. The lowest BCUT2D eigenvalue weighted by atomic mass is 11.2. The molecule has 0 radical (unpaired) electrons. The third-order valence-electron chi connectivity index (χ3n) is 0.362. The molecule has 0 aromatic rings. The molecule has 1 N–H and O–H groups in total. The number of hydrogen-bond acceptors (Lipinski definition) is 3. The van der Waals surface area contributed by atoms with Crippen molar-refractivity contribution < 1.29 is 4.79 Å². The molecule has 0 unspecified atom stereocenters. The number of carbonyl (C=O) groups excluding carboxylic acids is 1. The molecule has 0 bridgehead atoms. The van der Waals surface area contributed by atoms with E-state index < -0.39 is 0 Å². The summed E-state index contributed by atoms with van der Waals surface area (Å²) in [5, 5.41) is 2.31. The quantitative estimate of drug-likeness (QED) is 0.416. The summed E-state index contributed by atoms with van der Waals surface area (Å²) in [6.45, 7) is 0. The van der Waals surface area contributed by atoms with Gasteiger partial charge in [-0.1, -0.05) is 12.2 Å². The van der Waals surface area contributed by atoms with Crippen LogP contribution in [0.1, 0.15) is 0 Å². The second kappa shape index (κ2) is 4.08. The van der Waals surface area contributed by atoms with E-state index in [1.807, 2.05) is 0 Å². The summed E-state index contributed by atoms with van der Waals surface area (Å²) in [5.74, 6) is 0. The van der Waals surface area contributed by atoms with E-state index in [1.165, 1.54) is 11.8 Å². The van der Waals surface area contributed by atoms with E-state index in [0.717, 1.165) is 0 Å². The fraction of sp³-hybridized carbons (Fsp3) is 0.333. The van der Waals surface area contributed by atoms with Crippen LogP contribution in [-0.2, 0) is 4.79 Å². The van der Waals surface area contributed by atoms with E-state index in [0.29, 0.717) is 10.7 Å². The van der Waals surface area contributed by atoms with Crippen LogP contribution in [0.15, 0.2) is 0 Å². The van der Waals surface area contributed by atoms with E-state index in [9.17, 15) is 4.79 Å². The van der Waals surface area contributed by atoms with E-state index in [1.54, 1.807) is 6.26 Å². The Labute approximate surface area is 51.7 Å². The first kappa shape index (κ1) is 6.91. The molecule has 0 rings (SSSR count). The van der Waals surface area contributed by atoms with Gasteiger partial charge in [-0.15, -0.1) is 11.8 Å². The normalized spacial score (nSPS) is 7.57. The Morgan fingerprint density at radius 1 is 2.00 bits per heavy atom. The van der Waals surface area contributed by atoms with E-state index in [-0.39, 0.29) is 0 Å². The fourth-order valence-corrected chi connectivity index (χ4v) is 0.321. The zero-order valence-corrected chi connectivity index (χ0v) is 5.44. The van der Waals surface area contributed by atoms with Gasteiger partial charge in [0.15, 0.2) is 0 Å². The van der Waals surface area contributed by atoms with E-state index in [4.69, 9.17) is 0 Å². The van der Waals surface area contributed by atoms with Crippen LogP contribution in [0.3, 0.4) is 0 Å². The zero-order valence-electron chi connectivity index (χ0n) is 3.80. The van der Waals surface area contributed by atoms with Crippen molar-refractivity contribution in [3.63, 3.8) is 0 Å². The lowest BCUT2D eigenvalue weighted by Gasteiger charge is -1.90. The summed E-state index contributed by atoms with van der Waals surface area (Å²) >= 11 is 5.91. The van der Waals surface area contributed by atoms with Gasteiger partial charge in [-0.2, -0.15) is 0 Å². The SMILES string of the molecule is CSC(=S)NC=O. The standard InChI is InChI=1S/C3H5NOS2/c1-7-3(6)4-2-5/h2H,1H3,(H,4,5,6). The summed E-state index contributed by atoms with van der Waals surface area (Å²) in [6, 6.07) is 0. The molecule has 0 atom stereocenters. The van der Waals surface area contributed by atoms with Crippen LogP contribution in [0.5, 0.6) is 0 Å². The summed E-state index contributed by atoms with van der Waals surface area (Å²) in [6.07, 6.45) is 2.37. The van der Waals surface area contributed by atoms with Crippen molar-refractivity contribution in [2.45, 2.75) is 0 Å². The Morgan fingerprint density at radius 2 is 2.57 bits per heavy atom. The molecule has 0 aliphatic rings. The maximum atomic E-state index is 9.56. The fourth-order valence-electron chi connectivity index (χ4n) is 0.107. The second-order valence-electron chi connectivity index (χ2n) is 0.754. The predicted molar refractivity (Wildman–Crippen MR) is 35.3 cm³/mol. The Bertz CT molecular complexity index is 83.0. The van der Waals surface area contributed by atoms with Crippen molar-refractivity contribution in [3.05, 3.63) is 0 Å². The number of hydrogen-bond donors (Lipinski definition) is 1. The molecule has 0 spiro atoms. The average molecular weight is 135 g/mol. The molecule has 0 saturated heterocycles. The Kier molecular flexibility index (Phi) is 4.03. The number of rotatable bonds is 1. The van der Waals surface area contributed by atoms with Crippen LogP contribution in [0.4, 0.5) is 0 Å². The second-order valence-corrected chi connectivity index (χ2v) is 2.24. The molecule has 40 valence electrons. The van der Waals surface area contributed by atoms with E-state index in [2.05, 4.69) is 17.5 Å². The van der Waals surface area contributed by atoms with Gasteiger partial charge in [0.05, 0.1) is 0 Å². The van der Waals surface area contributed by atoms with Crippen molar-refractivity contribution in [1.82, 2.24) is 5.32 Å². The van der Waals surface area contributed by atoms with Crippen molar-refractivity contribution >= 4 is 34.7 Å². The summed E-state index contributed by atoms with van der Waals surface area (Å²) < 4.78 is 0.509. The number of carbonyl (C=O) groups is 1. The monoisotopic (exact) mass is 135 g/mol. The van der Waals surface area contributed by atoms with Crippen LogP contribution >= 0.6 is 24.0 Å². The van der Waals surface area contributed by atoms with Crippen LogP contribution in [0.2, 0.25) is 0 Å². The van der Waals surface area contributed by atoms with Gasteiger partial charge >= 0.3 is 0 Å². The first-order valence-corrected chi connectivity index (χ1v) is 3.22. The van der Waals surface area contributed by atoms with Gasteiger partial charge in [0.1, 0.15) is 4.32 Å². The average Bonchev–Trinajstić information content (AvgIpc) is 1.68. The number of thiocarbonyl (C=S) groups is 1. The molecule has 2 nitrogen and oxygen atoms in total. The minimum atomic E-state index is 0.509. The summed E-state index contributed by atoms with van der Waals surface area (Å²) in [7, 11) is 0. The lowest BCUT2D eigenvalue weighted by Crippen LogP contribution is -2.14. The molecule has 0 heterocycles. The van der Waals surface area contributed by atoms with Gasteiger partial charge in [0, 0.05) is 0 Å². The molecule has 0 saturated carbocycles. The Balaban J connectivity index is 3.17. The highest BCUT2D eigenvalue weighted by Crippen LogP contribution is 1.90. The summed E-state index contributed by atoms with van der Waals surface area (Å²) in [5.41, 5.74) is 0. The Hall–Kier alpha value is -0.0900. The van der Waals surface area contributed by atoms with Gasteiger partial charge in [-0.3, -0.25) is 4.79 Å². The predicted octanol–water partition coefficient (Wildman–Crippen LogP) is 0.380. The third kappa shape index (κ3) is 3.75. The molecular formula is C3H5NOS2. The lowest BCUT2D eigenvalue weighted by molar-refractivity contribution is -0.108. The molecule has 7 heavy (non-hydrogen) atoms. The highest BCUT2D eigenvalue weighted by atomic mass is 32.2. The van der Waals surface area contributed by atoms with Gasteiger partial charge < -0.3 is 5.32 Å². The molecule has 4 heteroatoms. The summed E-state index contributed by atoms with van der Waals surface area (Å²) in [4.78, 5) is 9.56. The maximum Gasteiger partial charge on any atom is 0.212 e. The molecule has 1 amide bonds. The van der Waals surface area contributed by atoms with Gasteiger partial charge in [-0.05, 0) is 6.26 Å². The third-order valence-corrected chi connectivity index (χ3v) is 1.47. The highest BCUT2D eigenvalue weighted by Gasteiger charge is 1.83. The van der Waals surface area contributed by atoms with E-state index >= 15 is 0 Å². The van der Waals surface area contributed by atoms with Crippen molar-refractivity contribution in [1.29, 1.82) is 0 Å². The molecule has 0 aliphatic carbocycles. The van der Waals surface area contributed by atoms with Gasteiger partial charge in [0.25, 0.3) is 0 Å². The van der Waals surface area contributed by atoms with Crippen molar-refractivity contribution in [2.75, 3.05) is 6.26 Å².